The Morgan fingerprint density at radius 1 is 1.37 bits per heavy atom. The maximum absolute atomic E-state index is 3.73. The van der Waals surface area contributed by atoms with Gasteiger partial charge in [0.15, 0.2) is 0 Å². The second-order valence-electron chi connectivity index (χ2n) is 5.72. The van der Waals surface area contributed by atoms with E-state index in [1.165, 1.54) is 47.2 Å². The Balaban J connectivity index is 2.01. The summed E-state index contributed by atoms with van der Waals surface area (Å²) in [5, 5.41) is 3.55. The van der Waals surface area contributed by atoms with Gasteiger partial charge in [0, 0.05) is 17.6 Å². The minimum absolute atomic E-state index is 0.791. The topological polar surface area (TPSA) is 15.3 Å². The number of anilines is 1. The van der Waals surface area contributed by atoms with Gasteiger partial charge in [-0.2, -0.15) is 0 Å². The Morgan fingerprint density at radius 3 is 2.84 bits per heavy atom. The lowest BCUT2D eigenvalue weighted by Gasteiger charge is -2.23. The van der Waals surface area contributed by atoms with E-state index in [2.05, 4.69) is 59.1 Å². The first kappa shape index (κ1) is 14.9. The molecule has 1 heterocycles. The highest BCUT2D eigenvalue weighted by Crippen LogP contribution is 2.34. The van der Waals surface area contributed by atoms with Gasteiger partial charge >= 0.3 is 0 Å². The van der Waals surface area contributed by atoms with Gasteiger partial charge in [-0.3, -0.25) is 0 Å². The van der Waals surface area contributed by atoms with Gasteiger partial charge in [-0.1, -0.05) is 13.0 Å². The van der Waals surface area contributed by atoms with E-state index in [9.17, 15) is 0 Å². The van der Waals surface area contributed by atoms with E-state index in [4.69, 9.17) is 0 Å². The first-order valence-corrected chi connectivity index (χ1v) is 8.13. The molecule has 1 aromatic carbocycles. The molecule has 106 valence electrons. The standard InChI is InChI=1S/C16H25BrN2/c1-4-6-18-10-14-5-7-19(11-14)16-13(3)8-12(2)9-15(16)17/h8-9,14,18H,4-7,10-11H2,1-3H3. The monoisotopic (exact) mass is 324 g/mol. The number of nitrogens with one attached hydrogen (secondary N) is 1. The quantitative estimate of drug-likeness (QED) is 0.826. The normalized spacial score (nSPS) is 19.2. The predicted octanol–water partition coefficient (Wildman–Crippen LogP) is 3.89. The van der Waals surface area contributed by atoms with Gasteiger partial charge in [0.05, 0.1) is 5.69 Å². The van der Waals surface area contributed by atoms with Crippen LogP contribution in [0.1, 0.15) is 30.9 Å². The molecule has 0 amide bonds. The Morgan fingerprint density at radius 2 is 2.16 bits per heavy atom. The van der Waals surface area contributed by atoms with Crippen LogP contribution in [0.3, 0.4) is 0 Å². The highest BCUT2D eigenvalue weighted by Gasteiger charge is 2.24. The SMILES string of the molecule is CCCNCC1CCN(c2c(C)cc(C)cc2Br)C1. The molecule has 1 atom stereocenters. The minimum atomic E-state index is 0.791. The van der Waals surface area contributed by atoms with Crippen molar-refractivity contribution in [2.24, 2.45) is 5.92 Å². The number of aryl methyl sites for hydroxylation is 2. The van der Waals surface area contributed by atoms with Crippen molar-refractivity contribution in [3.63, 3.8) is 0 Å². The Kier molecular flexibility index (Phi) is 5.28. The lowest BCUT2D eigenvalue weighted by molar-refractivity contribution is 0.516. The predicted molar refractivity (Wildman–Crippen MR) is 87.1 cm³/mol. The summed E-state index contributed by atoms with van der Waals surface area (Å²) in [5.41, 5.74) is 4.10. The number of hydrogen-bond acceptors (Lipinski definition) is 2. The molecule has 1 aliphatic heterocycles. The molecular weight excluding hydrogens is 300 g/mol. The third kappa shape index (κ3) is 3.73. The van der Waals surface area contributed by atoms with Gasteiger partial charge in [-0.15, -0.1) is 0 Å². The van der Waals surface area contributed by atoms with Gasteiger partial charge in [-0.25, -0.2) is 0 Å². The van der Waals surface area contributed by atoms with Crippen molar-refractivity contribution < 1.29 is 0 Å². The first-order chi connectivity index (χ1) is 9.11. The van der Waals surface area contributed by atoms with Crippen LogP contribution < -0.4 is 10.2 Å². The van der Waals surface area contributed by atoms with Crippen molar-refractivity contribution in [3.8, 4) is 0 Å². The van der Waals surface area contributed by atoms with Crippen molar-refractivity contribution in [2.45, 2.75) is 33.6 Å². The van der Waals surface area contributed by atoms with Crippen molar-refractivity contribution in [1.29, 1.82) is 0 Å². The molecule has 1 N–H and O–H groups in total. The highest BCUT2D eigenvalue weighted by atomic mass is 79.9. The molecule has 3 heteroatoms. The van der Waals surface area contributed by atoms with Crippen molar-refractivity contribution >= 4 is 21.6 Å². The van der Waals surface area contributed by atoms with E-state index in [0.29, 0.717) is 0 Å². The minimum Gasteiger partial charge on any atom is -0.370 e. The van der Waals surface area contributed by atoms with Crippen LogP contribution in [0.25, 0.3) is 0 Å². The third-order valence-corrected chi connectivity index (χ3v) is 4.46. The van der Waals surface area contributed by atoms with Gasteiger partial charge in [0.2, 0.25) is 0 Å². The van der Waals surface area contributed by atoms with Crippen molar-refractivity contribution in [2.75, 3.05) is 31.1 Å². The van der Waals surface area contributed by atoms with E-state index in [0.717, 1.165) is 19.0 Å². The average molecular weight is 325 g/mol. The fraction of sp³-hybridized carbons (Fsp3) is 0.625. The number of rotatable bonds is 5. The fourth-order valence-electron chi connectivity index (χ4n) is 2.99. The van der Waals surface area contributed by atoms with Crippen molar-refractivity contribution in [1.82, 2.24) is 5.32 Å². The summed E-state index contributed by atoms with van der Waals surface area (Å²) in [6, 6.07) is 4.51. The van der Waals surface area contributed by atoms with Crippen LogP contribution in [0.5, 0.6) is 0 Å². The molecular formula is C16H25BrN2. The molecule has 0 spiro atoms. The zero-order chi connectivity index (χ0) is 13.8. The number of benzene rings is 1. The summed E-state index contributed by atoms with van der Waals surface area (Å²) in [4.78, 5) is 2.54. The molecule has 2 rings (SSSR count). The molecule has 1 fully saturated rings. The summed E-state index contributed by atoms with van der Waals surface area (Å²) in [7, 11) is 0. The molecule has 0 radical (unpaired) electrons. The van der Waals surface area contributed by atoms with E-state index in [1.807, 2.05) is 0 Å². The van der Waals surface area contributed by atoms with Crippen LogP contribution in [-0.4, -0.2) is 26.2 Å². The van der Waals surface area contributed by atoms with Crippen LogP contribution in [0, 0.1) is 19.8 Å². The summed E-state index contributed by atoms with van der Waals surface area (Å²) in [5.74, 6) is 0.791. The molecule has 1 aliphatic rings. The summed E-state index contributed by atoms with van der Waals surface area (Å²) in [6.07, 6.45) is 2.52. The number of halogens is 1. The maximum atomic E-state index is 3.73. The third-order valence-electron chi connectivity index (χ3n) is 3.86. The molecule has 0 aromatic heterocycles. The van der Waals surface area contributed by atoms with Gasteiger partial charge in [0.1, 0.15) is 0 Å². The highest BCUT2D eigenvalue weighted by molar-refractivity contribution is 9.10. The molecule has 0 bridgehead atoms. The second-order valence-corrected chi connectivity index (χ2v) is 6.57. The van der Waals surface area contributed by atoms with Crippen LogP contribution in [0.2, 0.25) is 0 Å². The van der Waals surface area contributed by atoms with Crippen LogP contribution >= 0.6 is 15.9 Å². The largest absolute Gasteiger partial charge is 0.370 e. The van der Waals surface area contributed by atoms with Crippen molar-refractivity contribution in [3.05, 3.63) is 27.7 Å². The molecule has 1 aromatic rings. The Hall–Kier alpha value is -0.540. The van der Waals surface area contributed by atoms with Crippen LogP contribution in [0.15, 0.2) is 16.6 Å². The summed E-state index contributed by atoms with van der Waals surface area (Å²) >= 11 is 3.73. The molecule has 0 aliphatic carbocycles. The summed E-state index contributed by atoms with van der Waals surface area (Å²) in [6.45, 7) is 11.3. The molecule has 0 saturated carbocycles. The zero-order valence-corrected chi connectivity index (χ0v) is 13.9. The smallest absolute Gasteiger partial charge is 0.0540 e. The van der Waals surface area contributed by atoms with E-state index < -0.39 is 0 Å². The summed E-state index contributed by atoms with van der Waals surface area (Å²) < 4.78 is 1.24. The molecule has 1 unspecified atom stereocenters. The van der Waals surface area contributed by atoms with Gasteiger partial charge in [-0.05, 0) is 78.8 Å². The Bertz CT molecular complexity index is 408. The second kappa shape index (κ2) is 6.76. The number of hydrogen-bond donors (Lipinski definition) is 1. The lowest BCUT2D eigenvalue weighted by atomic mass is 10.1. The molecule has 19 heavy (non-hydrogen) atoms. The average Bonchev–Trinajstić information content (AvgIpc) is 2.76. The zero-order valence-electron chi connectivity index (χ0n) is 12.3. The van der Waals surface area contributed by atoms with Crippen LogP contribution in [-0.2, 0) is 0 Å². The fourth-order valence-corrected chi connectivity index (χ4v) is 3.92. The Labute approximate surface area is 125 Å². The lowest BCUT2D eigenvalue weighted by Crippen LogP contribution is -2.27. The van der Waals surface area contributed by atoms with E-state index in [-0.39, 0.29) is 0 Å². The van der Waals surface area contributed by atoms with Gasteiger partial charge in [0.25, 0.3) is 0 Å². The van der Waals surface area contributed by atoms with Crippen LogP contribution in [0.4, 0.5) is 5.69 Å². The molecule has 1 saturated heterocycles. The maximum Gasteiger partial charge on any atom is 0.0540 e. The van der Waals surface area contributed by atoms with E-state index >= 15 is 0 Å². The molecule has 2 nitrogen and oxygen atoms in total. The van der Waals surface area contributed by atoms with Gasteiger partial charge < -0.3 is 10.2 Å². The van der Waals surface area contributed by atoms with E-state index in [1.54, 1.807) is 0 Å². The first-order valence-electron chi connectivity index (χ1n) is 7.34. The number of nitrogens with zero attached hydrogens (tertiary/aromatic N) is 1.